The van der Waals surface area contributed by atoms with Gasteiger partial charge >= 0.3 is 0 Å². The van der Waals surface area contributed by atoms with Crippen LogP contribution in [0.5, 0.6) is 0 Å². The lowest BCUT2D eigenvalue weighted by Crippen LogP contribution is -2.44. The lowest BCUT2D eigenvalue weighted by atomic mass is 9.90. The van der Waals surface area contributed by atoms with Crippen LogP contribution in [0.25, 0.3) is 0 Å². The van der Waals surface area contributed by atoms with Crippen molar-refractivity contribution in [2.75, 3.05) is 26.2 Å². The summed E-state index contributed by atoms with van der Waals surface area (Å²) in [6, 6.07) is 13.2. The molecule has 1 heterocycles. The van der Waals surface area contributed by atoms with Crippen molar-refractivity contribution in [3.05, 3.63) is 35.9 Å². The van der Waals surface area contributed by atoms with E-state index < -0.39 is 0 Å². The van der Waals surface area contributed by atoms with Gasteiger partial charge in [-0.15, -0.1) is 0 Å². The van der Waals surface area contributed by atoms with E-state index in [9.17, 15) is 5.26 Å². The third-order valence-electron chi connectivity index (χ3n) is 4.31. The summed E-state index contributed by atoms with van der Waals surface area (Å²) < 4.78 is 0. The lowest BCUT2D eigenvalue weighted by Gasteiger charge is -2.33. The number of nitrogens with zero attached hydrogens (tertiary/aromatic N) is 2. The molecule has 0 spiro atoms. The summed E-state index contributed by atoms with van der Waals surface area (Å²) in [4.78, 5) is 2.44. The van der Waals surface area contributed by atoms with E-state index >= 15 is 0 Å². The summed E-state index contributed by atoms with van der Waals surface area (Å²) in [5.41, 5.74) is 1.45. The predicted molar refractivity (Wildman–Crippen MR) is 87.0 cm³/mol. The number of benzene rings is 1. The number of nitrogens with one attached hydrogen (secondary N) is 1. The van der Waals surface area contributed by atoms with Gasteiger partial charge in [-0.3, -0.25) is 0 Å². The highest BCUT2D eigenvalue weighted by Gasteiger charge is 2.21. The van der Waals surface area contributed by atoms with E-state index in [1.807, 2.05) is 0 Å². The number of rotatable bonds is 7. The van der Waals surface area contributed by atoms with Crippen molar-refractivity contribution in [3.63, 3.8) is 0 Å². The Bertz CT molecular complexity index is 430. The minimum absolute atomic E-state index is 0.0179. The van der Waals surface area contributed by atoms with Crippen molar-refractivity contribution in [1.29, 1.82) is 5.26 Å². The fourth-order valence-electron chi connectivity index (χ4n) is 3.05. The summed E-state index contributed by atoms with van der Waals surface area (Å²) in [7, 11) is 0. The molecular formula is C18H27N3. The standard InChI is InChI=1S/C18H27N3/c1-2-10-20-18(14-19)15-21-11-8-17(9-12-21)13-16-6-4-3-5-7-16/h3-7,17-18,20H,2,8-13,15H2,1H3. The van der Waals surface area contributed by atoms with Gasteiger partial charge in [-0.05, 0) is 56.8 Å². The minimum Gasteiger partial charge on any atom is -0.301 e. The fraction of sp³-hybridized carbons (Fsp3) is 0.611. The SMILES string of the molecule is CCCNC(C#N)CN1CCC(Cc2ccccc2)CC1. The van der Waals surface area contributed by atoms with Crippen molar-refractivity contribution >= 4 is 0 Å². The largest absolute Gasteiger partial charge is 0.301 e. The van der Waals surface area contributed by atoms with Crippen LogP contribution in [0.3, 0.4) is 0 Å². The molecule has 1 aliphatic heterocycles. The topological polar surface area (TPSA) is 39.1 Å². The third-order valence-corrected chi connectivity index (χ3v) is 4.31. The van der Waals surface area contributed by atoms with Crippen molar-refractivity contribution < 1.29 is 0 Å². The molecule has 2 rings (SSSR count). The Morgan fingerprint density at radius 3 is 2.62 bits per heavy atom. The molecule has 1 N–H and O–H groups in total. The predicted octanol–water partition coefficient (Wildman–Crippen LogP) is 2.83. The van der Waals surface area contributed by atoms with E-state index in [0.29, 0.717) is 0 Å². The van der Waals surface area contributed by atoms with E-state index in [-0.39, 0.29) is 6.04 Å². The first-order valence-electron chi connectivity index (χ1n) is 8.21. The van der Waals surface area contributed by atoms with Crippen LogP contribution in [0.4, 0.5) is 0 Å². The van der Waals surface area contributed by atoms with Crippen molar-refractivity contribution in [2.24, 2.45) is 5.92 Å². The van der Waals surface area contributed by atoms with Crippen LogP contribution in [0.2, 0.25) is 0 Å². The van der Waals surface area contributed by atoms with Crippen LogP contribution in [0.15, 0.2) is 30.3 Å². The molecule has 114 valence electrons. The number of hydrogen-bond acceptors (Lipinski definition) is 3. The van der Waals surface area contributed by atoms with Gasteiger partial charge in [0.15, 0.2) is 0 Å². The number of piperidine rings is 1. The van der Waals surface area contributed by atoms with Gasteiger partial charge in [-0.1, -0.05) is 37.3 Å². The van der Waals surface area contributed by atoms with Crippen molar-refractivity contribution in [3.8, 4) is 6.07 Å². The molecule has 3 heteroatoms. The van der Waals surface area contributed by atoms with Gasteiger partial charge < -0.3 is 10.2 Å². The maximum Gasteiger partial charge on any atom is 0.108 e. The van der Waals surface area contributed by atoms with E-state index in [4.69, 9.17) is 0 Å². The molecule has 1 unspecified atom stereocenters. The third kappa shape index (κ3) is 5.49. The maximum absolute atomic E-state index is 9.19. The molecule has 1 fully saturated rings. The van der Waals surface area contributed by atoms with E-state index in [0.717, 1.165) is 38.5 Å². The zero-order valence-corrected chi connectivity index (χ0v) is 13.1. The fourth-order valence-corrected chi connectivity index (χ4v) is 3.05. The Hall–Kier alpha value is -1.37. The zero-order valence-electron chi connectivity index (χ0n) is 13.1. The summed E-state index contributed by atoms with van der Waals surface area (Å²) in [5.74, 6) is 0.799. The van der Waals surface area contributed by atoms with E-state index in [1.54, 1.807) is 0 Å². The highest BCUT2D eigenvalue weighted by molar-refractivity contribution is 5.15. The highest BCUT2D eigenvalue weighted by atomic mass is 15.2. The Labute approximate surface area is 129 Å². The number of nitriles is 1. The van der Waals surface area contributed by atoms with Crippen LogP contribution in [0.1, 0.15) is 31.7 Å². The van der Waals surface area contributed by atoms with Gasteiger partial charge in [0.05, 0.1) is 6.07 Å². The van der Waals surface area contributed by atoms with E-state index in [2.05, 4.69) is 53.5 Å². The molecule has 3 nitrogen and oxygen atoms in total. The van der Waals surface area contributed by atoms with E-state index in [1.165, 1.54) is 24.8 Å². The molecule has 0 radical (unpaired) electrons. The molecular weight excluding hydrogens is 258 g/mol. The van der Waals surface area contributed by atoms with Gasteiger partial charge in [-0.2, -0.15) is 5.26 Å². The number of hydrogen-bond donors (Lipinski definition) is 1. The molecule has 1 saturated heterocycles. The van der Waals surface area contributed by atoms with Crippen LogP contribution in [0, 0.1) is 17.2 Å². The Kier molecular flexibility index (Phi) is 6.72. The Morgan fingerprint density at radius 2 is 2.00 bits per heavy atom. The summed E-state index contributed by atoms with van der Waals surface area (Å²) in [6.07, 6.45) is 4.78. The quantitative estimate of drug-likeness (QED) is 0.837. The molecule has 0 amide bonds. The lowest BCUT2D eigenvalue weighted by molar-refractivity contribution is 0.176. The smallest absolute Gasteiger partial charge is 0.108 e. The molecule has 21 heavy (non-hydrogen) atoms. The zero-order chi connectivity index (χ0) is 14.9. The van der Waals surface area contributed by atoms with Crippen molar-refractivity contribution in [1.82, 2.24) is 10.2 Å². The maximum atomic E-state index is 9.19. The van der Waals surface area contributed by atoms with Crippen LogP contribution >= 0.6 is 0 Å². The van der Waals surface area contributed by atoms with Crippen molar-refractivity contribution in [2.45, 2.75) is 38.6 Å². The molecule has 1 atom stereocenters. The Balaban J connectivity index is 1.71. The van der Waals surface area contributed by atoms with Gasteiger partial charge in [0.2, 0.25) is 0 Å². The Morgan fingerprint density at radius 1 is 1.29 bits per heavy atom. The average molecular weight is 285 g/mol. The second-order valence-electron chi connectivity index (χ2n) is 6.07. The first-order valence-corrected chi connectivity index (χ1v) is 8.21. The van der Waals surface area contributed by atoms with Gasteiger partial charge in [0.1, 0.15) is 6.04 Å². The molecule has 1 aromatic carbocycles. The summed E-state index contributed by atoms with van der Waals surface area (Å²) in [6.45, 7) is 6.20. The molecule has 0 aromatic heterocycles. The average Bonchev–Trinajstić information content (AvgIpc) is 2.54. The summed E-state index contributed by atoms with van der Waals surface area (Å²) >= 11 is 0. The van der Waals surface area contributed by atoms with Crippen LogP contribution in [-0.4, -0.2) is 37.1 Å². The van der Waals surface area contributed by atoms with Crippen LogP contribution < -0.4 is 5.32 Å². The summed E-state index contributed by atoms with van der Waals surface area (Å²) in [5, 5.41) is 12.5. The monoisotopic (exact) mass is 285 g/mol. The first kappa shape index (κ1) is 16.0. The van der Waals surface area contributed by atoms with Crippen LogP contribution in [-0.2, 0) is 6.42 Å². The molecule has 1 aliphatic rings. The first-order chi connectivity index (χ1) is 10.3. The highest BCUT2D eigenvalue weighted by Crippen LogP contribution is 2.21. The molecule has 0 bridgehead atoms. The second kappa shape index (κ2) is 8.81. The number of likely N-dealkylation sites (tertiary alicyclic amines) is 1. The van der Waals surface area contributed by atoms with Gasteiger partial charge in [0.25, 0.3) is 0 Å². The normalized spacial score (nSPS) is 18.3. The molecule has 0 aliphatic carbocycles. The molecule has 0 saturated carbocycles. The second-order valence-corrected chi connectivity index (χ2v) is 6.07. The van der Waals surface area contributed by atoms with Gasteiger partial charge in [-0.25, -0.2) is 0 Å². The minimum atomic E-state index is -0.0179. The molecule has 1 aromatic rings. The van der Waals surface area contributed by atoms with Gasteiger partial charge in [0, 0.05) is 6.54 Å².